The third kappa shape index (κ3) is 4.19. The Morgan fingerprint density at radius 3 is 2.78 bits per heavy atom. The normalized spacial score (nSPS) is 28.7. The van der Waals surface area contributed by atoms with Crippen molar-refractivity contribution >= 4 is 0 Å². The van der Waals surface area contributed by atoms with Gasteiger partial charge in [-0.15, -0.1) is 0 Å². The van der Waals surface area contributed by atoms with Crippen molar-refractivity contribution in [3.05, 3.63) is 0 Å². The van der Waals surface area contributed by atoms with E-state index in [0.717, 1.165) is 38.9 Å². The number of ether oxygens (including phenoxy) is 1. The van der Waals surface area contributed by atoms with Gasteiger partial charge in [-0.2, -0.15) is 0 Å². The van der Waals surface area contributed by atoms with Crippen molar-refractivity contribution in [3.8, 4) is 0 Å². The fraction of sp³-hybridized carbons (Fsp3) is 1.00. The minimum absolute atomic E-state index is 0.650. The lowest BCUT2D eigenvalue weighted by atomic mass is 10.2. The van der Waals surface area contributed by atoms with E-state index in [1.54, 1.807) is 0 Å². The van der Waals surface area contributed by atoms with Gasteiger partial charge < -0.3 is 15.0 Å². The molecule has 0 aliphatic carbocycles. The van der Waals surface area contributed by atoms with Gasteiger partial charge in [0.25, 0.3) is 0 Å². The van der Waals surface area contributed by atoms with E-state index >= 15 is 0 Å². The Morgan fingerprint density at radius 2 is 2.06 bits per heavy atom. The summed E-state index contributed by atoms with van der Waals surface area (Å²) in [5.41, 5.74) is 0. The van der Waals surface area contributed by atoms with Crippen LogP contribution in [0.3, 0.4) is 0 Å². The zero-order valence-corrected chi connectivity index (χ0v) is 12.0. The summed E-state index contributed by atoms with van der Waals surface area (Å²) in [6.07, 6.45) is 2.61. The Kier molecular flexibility index (Phi) is 5.89. The first-order valence-electron chi connectivity index (χ1n) is 7.57. The van der Waals surface area contributed by atoms with Crippen molar-refractivity contribution in [3.63, 3.8) is 0 Å². The van der Waals surface area contributed by atoms with Gasteiger partial charge >= 0.3 is 0 Å². The summed E-state index contributed by atoms with van der Waals surface area (Å²) in [6, 6.07) is 1.43. The summed E-state index contributed by atoms with van der Waals surface area (Å²) in [4.78, 5) is 5.26. The van der Waals surface area contributed by atoms with E-state index in [0.29, 0.717) is 6.04 Å². The molecular weight excluding hydrogens is 226 g/mol. The van der Waals surface area contributed by atoms with Crippen LogP contribution in [0.1, 0.15) is 26.7 Å². The first-order chi connectivity index (χ1) is 8.79. The van der Waals surface area contributed by atoms with Crippen molar-refractivity contribution in [1.29, 1.82) is 0 Å². The zero-order chi connectivity index (χ0) is 12.8. The predicted octanol–water partition coefficient (Wildman–Crippen LogP) is 0.781. The molecule has 2 rings (SSSR count). The van der Waals surface area contributed by atoms with Crippen molar-refractivity contribution in [2.24, 2.45) is 0 Å². The minimum atomic E-state index is 0.650. The number of rotatable bonds is 6. The molecule has 2 aliphatic heterocycles. The molecule has 4 nitrogen and oxygen atoms in total. The maximum absolute atomic E-state index is 5.43. The van der Waals surface area contributed by atoms with Crippen LogP contribution in [0.5, 0.6) is 0 Å². The molecule has 2 saturated heterocycles. The molecule has 0 aromatic carbocycles. The highest BCUT2D eigenvalue weighted by atomic mass is 16.5. The second kappa shape index (κ2) is 7.43. The first-order valence-corrected chi connectivity index (χ1v) is 7.57. The van der Waals surface area contributed by atoms with Gasteiger partial charge in [-0.25, -0.2) is 0 Å². The molecular formula is C14H29N3O. The molecule has 2 fully saturated rings. The van der Waals surface area contributed by atoms with Gasteiger partial charge in [0.2, 0.25) is 0 Å². The van der Waals surface area contributed by atoms with E-state index in [1.807, 2.05) is 0 Å². The summed E-state index contributed by atoms with van der Waals surface area (Å²) in [6.45, 7) is 13.5. The molecule has 2 heterocycles. The highest BCUT2D eigenvalue weighted by Crippen LogP contribution is 2.17. The van der Waals surface area contributed by atoms with Crippen molar-refractivity contribution in [2.45, 2.75) is 38.8 Å². The molecule has 2 atom stereocenters. The highest BCUT2D eigenvalue weighted by Gasteiger charge is 2.28. The van der Waals surface area contributed by atoms with Crippen molar-refractivity contribution in [1.82, 2.24) is 15.1 Å². The average Bonchev–Trinajstić information content (AvgIpc) is 2.87. The third-order valence-electron chi connectivity index (χ3n) is 4.24. The Labute approximate surface area is 112 Å². The van der Waals surface area contributed by atoms with E-state index in [-0.39, 0.29) is 0 Å². The third-order valence-corrected chi connectivity index (χ3v) is 4.24. The van der Waals surface area contributed by atoms with E-state index < -0.39 is 0 Å². The summed E-state index contributed by atoms with van der Waals surface area (Å²) < 4.78 is 5.43. The Hall–Kier alpha value is -0.160. The first kappa shape index (κ1) is 14.3. The quantitative estimate of drug-likeness (QED) is 0.759. The SMILES string of the molecule is CCNC(C)CCN1CCC(N2CCOCC2)C1. The minimum Gasteiger partial charge on any atom is -0.379 e. The van der Waals surface area contributed by atoms with E-state index in [9.17, 15) is 0 Å². The molecule has 0 radical (unpaired) electrons. The molecule has 18 heavy (non-hydrogen) atoms. The van der Waals surface area contributed by atoms with Gasteiger partial charge in [0.15, 0.2) is 0 Å². The zero-order valence-electron chi connectivity index (χ0n) is 12.0. The number of hydrogen-bond acceptors (Lipinski definition) is 4. The van der Waals surface area contributed by atoms with Gasteiger partial charge in [-0.3, -0.25) is 4.90 Å². The summed E-state index contributed by atoms with van der Waals surface area (Å²) >= 11 is 0. The van der Waals surface area contributed by atoms with Gasteiger partial charge in [-0.05, 0) is 39.4 Å². The molecule has 4 heteroatoms. The van der Waals surface area contributed by atoms with E-state index in [1.165, 1.54) is 32.5 Å². The topological polar surface area (TPSA) is 27.7 Å². The molecule has 0 saturated carbocycles. The molecule has 1 N–H and O–H groups in total. The lowest BCUT2D eigenvalue weighted by Gasteiger charge is -2.32. The lowest BCUT2D eigenvalue weighted by Crippen LogP contribution is -2.44. The van der Waals surface area contributed by atoms with Gasteiger partial charge in [0.1, 0.15) is 0 Å². The predicted molar refractivity (Wildman–Crippen MR) is 75.0 cm³/mol. The highest BCUT2D eigenvalue weighted by molar-refractivity contribution is 4.84. The Morgan fingerprint density at radius 1 is 1.28 bits per heavy atom. The number of nitrogens with one attached hydrogen (secondary N) is 1. The fourth-order valence-electron chi connectivity index (χ4n) is 3.08. The average molecular weight is 255 g/mol. The largest absolute Gasteiger partial charge is 0.379 e. The molecule has 106 valence electrons. The molecule has 0 aromatic heterocycles. The standard InChI is InChI=1S/C14H29N3O/c1-3-15-13(2)4-6-16-7-5-14(12-16)17-8-10-18-11-9-17/h13-15H,3-12H2,1-2H3. The number of nitrogens with zero attached hydrogens (tertiary/aromatic N) is 2. The number of hydrogen-bond donors (Lipinski definition) is 1. The lowest BCUT2D eigenvalue weighted by molar-refractivity contribution is 0.0185. The van der Waals surface area contributed by atoms with Gasteiger partial charge in [0, 0.05) is 31.7 Å². The van der Waals surface area contributed by atoms with Crippen LogP contribution in [0.25, 0.3) is 0 Å². The fourth-order valence-corrected chi connectivity index (χ4v) is 3.08. The van der Waals surface area contributed by atoms with Crippen LogP contribution in [-0.4, -0.2) is 74.4 Å². The van der Waals surface area contributed by atoms with Crippen LogP contribution in [0, 0.1) is 0 Å². The van der Waals surface area contributed by atoms with Crippen LogP contribution in [0.4, 0.5) is 0 Å². The van der Waals surface area contributed by atoms with Crippen LogP contribution < -0.4 is 5.32 Å². The molecule has 2 aliphatic rings. The van der Waals surface area contributed by atoms with Crippen LogP contribution in [0.2, 0.25) is 0 Å². The maximum Gasteiger partial charge on any atom is 0.0594 e. The van der Waals surface area contributed by atoms with Crippen LogP contribution in [0.15, 0.2) is 0 Å². The molecule has 0 amide bonds. The van der Waals surface area contributed by atoms with E-state index in [2.05, 4.69) is 29.0 Å². The number of likely N-dealkylation sites (tertiary alicyclic amines) is 1. The number of morpholine rings is 1. The maximum atomic E-state index is 5.43. The Balaban J connectivity index is 1.64. The second-order valence-corrected chi connectivity index (χ2v) is 5.64. The summed E-state index contributed by atoms with van der Waals surface area (Å²) in [7, 11) is 0. The van der Waals surface area contributed by atoms with Crippen LogP contribution >= 0.6 is 0 Å². The van der Waals surface area contributed by atoms with Gasteiger partial charge in [0.05, 0.1) is 13.2 Å². The van der Waals surface area contributed by atoms with Gasteiger partial charge in [-0.1, -0.05) is 6.92 Å². The smallest absolute Gasteiger partial charge is 0.0594 e. The summed E-state index contributed by atoms with van der Waals surface area (Å²) in [5, 5.41) is 3.49. The molecule has 0 aromatic rings. The summed E-state index contributed by atoms with van der Waals surface area (Å²) in [5.74, 6) is 0. The van der Waals surface area contributed by atoms with Crippen molar-refractivity contribution in [2.75, 3.05) is 52.5 Å². The van der Waals surface area contributed by atoms with Crippen LogP contribution in [-0.2, 0) is 4.74 Å². The second-order valence-electron chi connectivity index (χ2n) is 5.64. The van der Waals surface area contributed by atoms with Crippen molar-refractivity contribution < 1.29 is 4.74 Å². The monoisotopic (exact) mass is 255 g/mol. The Bertz CT molecular complexity index is 231. The van der Waals surface area contributed by atoms with E-state index in [4.69, 9.17) is 4.74 Å². The molecule has 0 bridgehead atoms. The molecule has 2 unspecified atom stereocenters. The molecule has 0 spiro atoms.